The highest BCUT2D eigenvalue weighted by atomic mass is 32.1. The van der Waals surface area contributed by atoms with E-state index in [-0.39, 0.29) is 0 Å². The number of piperazine rings is 1. The molecule has 0 radical (unpaired) electrons. The minimum Gasteiger partial charge on any atom is -0.368 e. The first-order valence-electron chi connectivity index (χ1n) is 7.95. The van der Waals surface area contributed by atoms with Gasteiger partial charge >= 0.3 is 0 Å². The van der Waals surface area contributed by atoms with E-state index in [9.17, 15) is 0 Å². The van der Waals surface area contributed by atoms with Crippen molar-refractivity contribution in [1.29, 1.82) is 0 Å². The van der Waals surface area contributed by atoms with Crippen LogP contribution in [0, 0.1) is 0 Å². The number of hydrogen-bond donors (Lipinski definition) is 1. The summed E-state index contributed by atoms with van der Waals surface area (Å²) in [5.41, 5.74) is 9.77. The zero-order chi connectivity index (χ0) is 16.5. The predicted molar refractivity (Wildman–Crippen MR) is 95.9 cm³/mol. The molecule has 0 aliphatic carbocycles. The van der Waals surface area contributed by atoms with Crippen molar-refractivity contribution in [2.75, 3.05) is 30.3 Å². The summed E-state index contributed by atoms with van der Waals surface area (Å²) in [5.74, 6) is 1.17. The fraction of sp³-hybridized carbons (Fsp3) is 0.375. The molecular formula is C16H19N7S. The van der Waals surface area contributed by atoms with Gasteiger partial charge in [-0.05, 0) is 18.6 Å². The Morgan fingerprint density at radius 2 is 2.25 bits per heavy atom. The van der Waals surface area contributed by atoms with Gasteiger partial charge in [0.1, 0.15) is 5.52 Å². The van der Waals surface area contributed by atoms with E-state index in [4.69, 9.17) is 5.73 Å². The Morgan fingerprint density at radius 1 is 1.33 bits per heavy atom. The first-order valence-corrected chi connectivity index (χ1v) is 8.83. The van der Waals surface area contributed by atoms with Crippen molar-refractivity contribution < 1.29 is 0 Å². The topological polar surface area (TPSA) is 84.1 Å². The van der Waals surface area contributed by atoms with E-state index in [1.165, 1.54) is 16.9 Å². The van der Waals surface area contributed by atoms with Crippen molar-refractivity contribution in [3.63, 3.8) is 0 Å². The summed E-state index contributed by atoms with van der Waals surface area (Å²) in [6.07, 6.45) is 3.74. The Hall–Kier alpha value is -2.32. The molecule has 8 heteroatoms. The molecule has 0 spiro atoms. The number of anilines is 2. The highest BCUT2D eigenvalue weighted by Crippen LogP contribution is 2.28. The van der Waals surface area contributed by atoms with Crippen LogP contribution in [-0.2, 0) is 6.54 Å². The van der Waals surface area contributed by atoms with Crippen molar-refractivity contribution in [3.8, 4) is 0 Å². The Balaban J connectivity index is 1.53. The molecule has 1 aliphatic rings. The molecule has 2 N–H and O–H groups in total. The molecule has 0 aromatic carbocycles. The number of hydrogen-bond acceptors (Lipinski definition) is 8. The monoisotopic (exact) mass is 341 g/mol. The van der Waals surface area contributed by atoms with Crippen LogP contribution in [0.2, 0.25) is 0 Å². The Labute approximate surface area is 144 Å². The van der Waals surface area contributed by atoms with E-state index in [2.05, 4.69) is 42.7 Å². The summed E-state index contributed by atoms with van der Waals surface area (Å²) in [6.45, 7) is 5.96. The highest BCUT2D eigenvalue weighted by molar-refractivity contribution is 7.16. The lowest BCUT2D eigenvalue weighted by Gasteiger charge is -2.40. The van der Waals surface area contributed by atoms with Crippen LogP contribution in [0.4, 0.5) is 11.8 Å². The van der Waals surface area contributed by atoms with Crippen LogP contribution in [0.5, 0.6) is 0 Å². The van der Waals surface area contributed by atoms with Crippen LogP contribution in [-0.4, -0.2) is 50.5 Å². The summed E-state index contributed by atoms with van der Waals surface area (Å²) in [4.78, 5) is 22.9. The maximum absolute atomic E-state index is 5.88. The quantitative estimate of drug-likeness (QED) is 0.777. The number of thiazole rings is 1. The number of nitrogens with zero attached hydrogens (tertiary/aromatic N) is 6. The number of fused-ring (bicyclic) bond motifs is 1. The van der Waals surface area contributed by atoms with Crippen molar-refractivity contribution >= 4 is 33.5 Å². The SMILES string of the molecule is CC1CN(Cc2cccnc2)CCN1c1nc(N)nc2scnc12. The van der Waals surface area contributed by atoms with Crippen molar-refractivity contribution in [1.82, 2.24) is 24.8 Å². The summed E-state index contributed by atoms with van der Waals surface area (Å²) < 4.78 is 0. The molecule has 1 aliphatic heterocycles. The van der Waals surface area contributed by atoms with E-state index >= 15 is 0 Å². The van der Waals surface area contributed by atoms with E-state index < -0.39 is 0 Å². The second kappa shape index (κ2) is 6.29. The molecule has 3 aromatic rings. The maximum Gasteiger partial charge on any atom is 0.223 e. The van der Waals surface area contributed by atoms with Crippen LogP contribution in [0.1, 0.15) is 12.5 Å². The molecule has 0 bridgehead atoms. The first-order chi connectivity index (χ1) is 11.7. The molecule has 1 saturated heterocycles. The molecule has 0 amide bonds. The second-order valence-electron chi connectivity index (χ2n) is 6.05. The molecule has 3 aromatic heterocycles. The fourth-order valence-electron chi connectivity index (χ4n) is 3.20. The first kappa shape index (κ1) is 15.2. The Morgan fingerprint density at radius 3 is 3.04 bits per heavy atom. The van der Waals surface area contributed by atoms with Gasteiger partial charge in [0.25, 0.3) is 0 Å². The summed E-state index contributed by atoms with van der Waals surface area (Å²) >= 11 is 1.50. The van der Waals surface area contributed by atoms with Gasteiger partial charge in [-0.15, -0.1) is 11.3 Å². The number of pyridine rings is 1. The Kier molecular flexibility index (Phi) is 3.99. The van der Waals surface area contributed by atoms with Crippen molar-refractivity contribution in [2.24, 2.45) is 0 Å². The normalized spacial score (nSPS) is 19.0. The molecule has 7 nitrogen and oxygen atoms in total. The van der Waals surface area contributed by atoms with Gasteiger partial charge in [0.15, 0.2) is 10.6 Å². The third-order valence-corrected chi connectivity index (χ3v) is 5.03. The number of aromatic nitrogens is 4. The molecular weight excluding hydrogens is 322 g/mol. The van der Waals surface area contributed by atoms with Gasteiger partial charge in [-0.2, -0.15) is 4.98 Å². The van der Waals surface area contributed by atoms with Crippen LogP contribution in [0.25, 0.3) is 10.3 Å². The lowest BCUT2D eigenvalue weighted by molar-refractivity contribution is 0.220. The molecule has 124 valence electrons. The van der Waals surface area contributed by atoms with Gasteiger partial charge in [0.05, 0.1) is 5.51 Å². The zero-order valence-electron chi connectivity index (χ0n) is 13.5. The number of nitrogens with two attached hydrogens (primary N) is 1. The number of rotatable bonds is 3. The third-order valence-electron chi connectivity index (χ3n) is 4.31. The van der Waals surface area contributed by atoms with E-state index in [0.717, 1.165) is 42.3 Å². The summed E-state index contributed by atoms with van der Waals surface area (Å²) in [6, 6.07) is 4.43. The summed E-state index contributed by atoms with van der Waals surface area (Å²) in [7, 11) is 0. The highest BCUT2D eigenvalue weighted by Gasteiger charge is 2.27. The van der Waals surface area contributed by atoms with Gasteiger partial charge in [-0.3, -0.25) is 9.88 Å². The van der Waals surface area contributed by atoms with Gasteiger partial charge in [-0.1, -0.05) is 6.07 Å². The van der Waals surface area contributed by atoms with E-state index in [1.54, 1.807) is 5.51 Å². The predicted octanol–water partition coefficient (Wildman–Crippen LogP) is 1.77. The lowest BCUT2D eigenvalue weighted by Crippen LogP contribution is -2.52. The average molecular weight is 341 g/mol. The smallest absolute Gasteiger partial charge is 0.223 e. The largest absolute Gasteiger partial charge is 0.368 e. The minimum absolute atomic E-state index is 0.312. The molecule has 1 unspecified atom stereocenters. The van der Waals surface area contributed by atoms with Crippen LogP contribution >= 0.6 is 11.3 Å². The van der Waals surface area contributed by atoms with Crippen LogP contribution < -0.4 is 10.6 Å². The fourth-order valence-corrected chi connectivity index (χ4v) is 3.86. The molecule has 1 fully saturated rings. The molecule has 0 saturated carbocycles. The Bertz CT molecular complexity index is 835. The number of nitrogen functional groups attached to an aromatic ring is 1. The standard InChI is InChI=1S/C16H19N7S/c1-11-8-22(9-12-3-2-4-18-7-12)5-6-23(11)14-13-15(24-10-19-13)21-16(17)20-14/h2-4,7,10-11H,5-6,8-9H2,1H3,(H2,17,20,21). The minimum atomic E-state index is 0.312. The average Bonchev–Trinajstić information content (AvgIpc) is 3.03. The van der Waals surface area contributed by atoms with Crippen molar-refractivity contribution in [3.05, 3.63) is 35.6 Å². The molecule has 4 heterocycles. The van der Waals surface area contributed by atoms with Crippen molar-refractivity contribution in [2.45, 2.75) is 19.5 Å². The van der Waals surface area contributed by atoms with Gasteiger partial charge in [0.2, 0.25) is 5.95 Å². The van der Waals surface area contributed by atoms with Gasteiger partial charge in [-0.25, -0.2) is 9.97 Å². The maximum atomic E-state index is 5.88. The second-order valence-corrected chi connectivity index (χ2v) is 6.88. The van der Waals surface area contributed by atoms with E-state index in [1.807, 2.05) is 18.5 Å². The lowest BCUT2D eigenvalue weighted by atomic mass is 10.1. The van der Waals surface area contributed by atoms with E-state index in [0.29, 0.717) is 12.0 Å². The zero-order valence-corrected chi connectivity index (χ0v) is 14.3. The van der Waals surface area contributed by atoms with Gasteiger partial charge in [0, 0.05) is 44.6 Å². The van der Waals surface area contributed by atoms with Gasteiger partial charge < -0.3 is 10.6 Å². The molecule has 1 atom stereocenters. The summed E-state index contributed by atoms with van der Waals surface area (Å²) in [5, 5.41) is 0. The van der Waals surface area contributed by atoms with Crippen LogP contribution in [0.15, 0.2) is 30.0 Å². The van der Waals surface area contributed by atoms with Crippen LogP contribution in [0.3, 0.4) is 0 Å². The molecule has 4 rings (SSSR count). The molecule has 24 heavy (non-hydrogen) atoms. The third kappa shape index (κ3) is 2.90.